The highest BCUT2D eigenvalue weighted by atomic mass is 19.1. The monoisotopic (exact) mass is 358 g/mol. The highest BCUT2D eigenvalue weighted by Crippen LogP contribution is 2.20. The minimum absolute atomic E-state index is 0.0282. The minimum atomic E-state index is -0.555. The largest absolute Gasteiger partial charge is 0.497 e. The lowest BCUT2D eigenvalue weighted by molar-refractivity contribution is -0.138. The van der Waals surface area contributed by atoms with Crippen LogP contribution in [0.1, 0.15) is 6.92 Å². The molecule has 138 valence electrons. The van der Waals surface area contributed by atoms with Crippen molar-refractivity contribution in [1.29, 1.82) is 0 Å². The van der Waals surface area contributed by atoms with Crippen molar-refractivity contribution < 1.29 is 18.7 Å². The van der Waals surface area contributed by atoms with Crippen molar-refractivity contribution in [2.45, 2.75) is 13.0 Å². The maximum Gasteiger partial charge on any atom is 0.263 e. The zero-order chi connectivity index (χ0) is 18.5. The summed E-state index contributed by atoms with van der Waals surface area (Å²) in [6.07, 6.45) is -0.555. The molecule has 0 N–H and O–H groups in total. The lowest BCUT2D eigenvalue weighted by Crippen LogP contribution is -2.52. The Morgan fingerprint density at radius 2 is 1.54 bits per heavy atom. The van der Waals surface area contributed by atoms with Gasteiger partial charge in [0.2, 0.25) is 0 Å². The van der Waals surface area contributed by atoms with Gasteiger partial charge in [0.1, 0.15) is 17.3 Å². The average molecular weight is 358 g/mol. The van der Waals surface area contributed by atoms with Crippen LogP contribution in [0.2, 0.25) is 0 Å². The van der Waals surface area contributed by atoms with Gasteiger partial charge < -0.3 is 19.3 Å². The lowest BCUT2D eigenvalue weighted by Gasteiger charge is -2.37. The molecule has 1 aliphatic rings. The number of carbonyl (C=O) groups excluding carboxylic acids is 1. The zero-order valence-electron chi connectivity index (χ0n) is 15.0. The van der Waals surface area contributed by atoms with Crippen LogP contribution in [0.25, 0.3) is 0 Å². The molecule has 0 bridgehead atoms. The highest BCUT2D eigenvalue weighted by molar-refractivity contribution is 5.81. The van der Waals surface area contributed by atoms with Crippen LogP contribution in [0.3, 0.4) is 0 Å². The number of piperazine rings is 1. The fourth-order valence-electron chi connectivity index (χ4n) is 3.00. The average Bonchev–Trinajstić information content (AvgIpc) is 2.69. The Morgan fingerprint density at radius 1 is 0.962 bits per heavy atom. The van der Waals surface area contributed by atoms with Crippen LogP contribution in [-0.4, -0.2) is 50.2 Å². The highest BCUT2D eigenvalue weighted by Gasteiger charge is 2.26. The predicted octanol–water partition coefficient (Wildman–Crippen LogP) is 2.95. The van der Waals surface area contributed by atoms with E-state index in [0.717, 1.165) is 11.4 Å². The second-order valence-corrected chi connectivity index (χ2v) is 6.22. The van der Waals surface area contributed by atoms with Gasteiger partial charge >= 0.3 is 0 Å². The molecule has 2 aromatic carbocycles. The summed E-state index contributed by atoms with van der Waals surface area (Å²) in [5.41, 5.74) is 0.973. The van der Waals surface area contributed by atoms with Crippen molar-refractivity contribution in [1.82, 2.24) is 4.90 Å². The third-order valence-corrected chi connectivity index (χ3v) is 4.50. The Kier molecular flexibility index (Phi) is 5.61. The third-order valence-electron chi connectivity index (χ3n) is 4.50. The number of methoxy groups -OCH3 is 1. The molecule has 3 rings (SSSR count). The van der Waals surface area contributed by atoms with Gasteiger partial charge in [-0.2, -0.15) is 0 Å². The van der Waals surface area contributed by atoms with Gasteiger partial charge in [-0.25, -0.2) is 4.39 Å². The SMILES string of the molecule is COc1ccc(O[C@@H](C)C(=O)N2CCN(c3ccc(F)cc3)CC2)cc1. The molecule has 0 unspecified atom stereocenters. The van der Waals surface area contributed by atoms with Gasteiger partial charge in [0, 0.05) is 31.9 Å². The molecule has 0 aromatic heterocycles. The van der Waals surface area contributed by atoms with E-state index in [4.69, 9.17) is 9.47 Å². The summed E-state index contributed by atoms with van der Waals surface area (Å²) >= 11 is 0. The van der Waals surface area contributed by atoms with Crippen LogP contribution in [0.4, 0.5) is 10.1 Å². The van der Waals surface area contributed by atoms with Crippen LogP contribution >= 0.6 is 0 Å². The standard InChI is InChI=1S/C20H23FN2O3/c1-15(26-19-9-7-18(25-2)8-10-19)20(24)23-13-11-22(12-14-23)17-5-3-16(21)4-6-17/h3-10,15H,11-14H2,1-2H3/t15-/m0/s1. The van der Waals surface area contributed by atoms with Gasteiger partial charge in [0.25, 0.3) is 5.91 Å². The number of benzene rings is 2. The Labute approximate surface area is 152 Å². The molecular formula is C20H23FN2O3. The summed E-state index contributed by atoms with van der Waals surface area (Å²) in [5, 5.41) is 0. The number of nitrogens with zero attached hydrogens (tertiary/aromatic N) is 2. The zero-order valence-corrected chi connectivity index (χ0v) is 15.0. The van der Waals surface area contributed by atoms with Crippen LogP contribution in [0.5, 0.6) is 11.5 Å². The van der Waals surface area contributed by atoms with Gasteiger partial charge in [-0.15, -0.1) is 0 Å². The first-order valence-electron chi connectivity index (χ1n) is 8.67. The molecule has 1 atom stereocenters. The van der Waals surface area contributed by atoms with E-state index in [1.165, 1.54) is 12.1 Å². The molecule has 1 saturated heterocycles. The first-order chi connectivity index (χ1) is 12.6. The van der Waals surface area contributed by atoms with E-state index in [1.54, 1.807) is 50.4 Å². The molecule has 0 saturated carbocycles. The van der Waals surface area contributed by atoms with Gasteiger partial charge in [-0.1, -0.05) is 0 Å². The van der Waals surface area contributed by atoms with Crippen molar-refractivity contribution in [2.75, 3.05) is 38.2 Å². The summed E-state index contributed by atoms with van der Waals surface area (Å²) in [4.78, 5) is 16.6. The number of hydrogen-bond acceptors (Lipinski definition) is 4. The Balaban J connectivity index is 1.52. The number of hydrogen-bond donors (Lipinski definition) is 0. The number of anilines is 1. The quantitative estimate of drug-likeness (QED) is 0.824. The van der Waals surface area contributed by atoms with Crippen LogP contribution < -0.4 is 14.4 Å². The fourth-order valence-corrected chi connectivity index (χ4v) is 3.00. The molecule has 1 fully saturated rings. The molecular weight excluding hydrogens is 335 g/mol. The molecule has 6 heteroatoms. The summed E-state index contributed by atoms with van der Waals surface area (Å²) in [6.45, 7) is 4.43. The lowest BCUT2D eigenvalue weighted by atomic mass is 10.2. The van der Waals surface area contributed by atoms with Crippen LogP contribution in [0, 0.1) is 5.82 Å². The smallest absolute Gasteiger partial charge is 0.263 e. The second kappa shape index (κ2) is 8.08. The Morgan fingerprint density at radius 3 is 2.12 bits per heavy atom. The minimum Gasteiger partial charge on any atom is -0.497 e. The van der Waals surface area contributed by atoms with Crippen molar-refractivity contribution in [3.8, 4) is 11.5 Å². The number of rotatable bonds is 5. The van der Waals surface area contributed by atoms with Crippen molar-refractivity contribution >= 4 is 11.6 Å². The number of ether oxygens (including phenoxy) is 2. The summed E-state index contributed by atoms with van der Waals surface area (Å²) in [7, 11) is 1.60. The first kappa shape index (κ1) is 18.0. The van der Waals surface area contributed by atoms with E-state index in [-0.39, 0.29) is 11.7 Å². The predicted molar refractivity (Wildman–Crippen MR) is 98.3 cm³/mol. The van der Waals surface area contributed by atoms with Gasteiger partial charge in [-0.3, -0.25) is 4.79 Å². The fraction of sp³-hybridized carbons (Fsp3) is 0.350. The Bertz CT molecular complexity index is 726. The number of halogens is 1. The summed E-state index contributed by atoms with van der Waals surface area (Å²) in [6, 6.07) is 13.6. The topological polar surface area (TPSA) is 42.0 Å². The first-order valence-corrected chi connectivity index (χ1v) is 8.67. The van der Waals surface area contributed by atoms with E-state index in [0.29, 0.717) is 31.9 Å². The Hall–Kier alpha value is -2.76. The number of carbonyl (C=O) groups is 1. The number of amides is 1. The molecule has 1 aliphatic heterocycles. The molecule has 0 spiro atoms. The van der Waals surface area contributed by atoms with Gasteiger partial charge in [0.15, 0.2) is 6.10 Å². The molecule has 1 amide bonds. The molecule has 0 aliphatic carbocycles. The van der Waals surface area contributed by atoms with Crippen molar-refractivity contribution in [3.05, 3.63) is 54.3 Å². The van der Waals surface area contributed by atoms with E-state index >= 15 is 0 Å². The maximum atomic E-state index is 13.0. The molecule has 1 heterocycles. The normalized spacial score (nSPS) is 15.5. The van der Waals surface area contributed by atoms with Gasteiger partial charge in [-0.05, 0) is 55.5 Å². The molecule has 2 aromatic rings. The van der Waals surface area contributed by atoms with Crippen molar-refractivity contribution in [3.63, 3.8) is 0 Å². The third kappa shape index (κ3) is 4.25. The van der Waals surface area contributed by atoms with Gasteiger partial charge in [0.05, 0.1) is 7.11 Å². The van der Waals surface area contributed by atoms with E-state index in [9.17, 15) is 9.18 Å². The molecule has 26 heavy (non-hydrogen) atoms. The maximum absolute atomic E-state index is 13.0. The molecule has 0 radical (unpaired) electrons. The van der Waals surface area contributed by atoms with Crippen LogP contribution in [-0.2, 0) is 4.79 Å². The van der Waals surface area contributed by atoms with Crippen molar-refractivity contribution in [2.24, 2.45) is 0 Å². The van der Waals surface area contributed by atoms with E-state index < -0.39 is 6.10 Å². The summed E-state index contributed by atoms with van der Waals surface area (Å²) in [5.74, 6) is 1.11. The van der Waals surface area contributed by atoms with E-state index in [2.05, 4.69) is 4.90 Å². The van der Waals surface area contributed by atoms with Crippen LogP contribution in [0.15, 0.2) is 48.5 Å². The summed E-state index contributed by atoms with van der Waals surface area (Å²) < 4.78 is 23.9. The second-order valence-electron chi connectivity index (χ2n) is 6.22. The van der Waals surface area contributed by atoms with E-state index in [1.807, 2.05) is 4.90 Å². The molecule has 5 nitrogen and oxygen atoms in total.